The lowest BCUT2D eigenvalue weighted by atomic mass is 10.2. The standard InChI is InChI=1S/C14H15BrN2/c1-11-5-6-14(13(15)10-11)17-9-7-12-4-2-3-8-16-12/h2-6,8,10,17H,7,9H2,1H3. The summed E-state index contributed by atoms with van der Waals surface area (Å²) in [6.07, 6.45) is 2.76. The minimum Gasteiger partial charge on any atom is -0.384 e. The van der Waals surface area contributed by atoms with Crippen LogP contribution in [-0.2, 0) is 6.42 Å². The van der Waals surface area contributed by atoms with Crippen LogP contribution in [0.4, 0.5) is 5.69 Å². The normalized spacial score (nSPS) is 10.2. The first-order valence-corrected chi connectivity index (χ1v) is 6.45. The van der Waals surface area contributed by atoms with E-state index in [1.54, 1.807) is 0 Å². The van der Waals surface area contributed by atoms with Crippen LogP contribution in [0.25, 0.3) is 0 Å². The van der Waals surface area contributed by atoms with E-state index in [1.807, 2.05) is 24.4 Å². The molecule has 2 aromatic rings. The Balaban J connectivity index is 1.90. The second kappa shape index (κ2) is 5.82. The first-order chi connectivity index (χ1) is 8.25. The van der Waals surface area contributed by atoms with E-state index >= 15 is 0 Å². The molecule has 0 amide bonds. The molecule has 1 aromatic heterocycles. The molecule has 88 valence electrons. The Morgan fingerprint density at radius 3 is 2.82 bits per heavy atom. The lowest BCUT2D eigenvalue weighted by molar-refractivity contribution is 0.960. The highest BCUT2D eigenvalue weighted by atomic mass is 79.9. The van der Waals surface area contributed by atoms with E-state index in [-0.39, 0.29) is 0 Å². The monoisotopic (exact) mass is 290 g/mol. The zero-order chi connectivity index (χ0) is 12.1. The Morgan fingerprint density at radius 1 is 1.24 bits per heavy atom. The van der Waals surface area contributed by atoms with E-state index in [0.29, 0.717) is 0 Å². The van der Waals surface area contributed by atoms with Crippen molar-refractivity contribution in [3.8, 4) is 0 Å². The summed E-state index contributed by atoms with van der Waals surface area (Å²) >= 11 is 3.56. The number of nitrogens with zero attached hydrogens (tertiary/aromatic N) is 1. The van der Waals surface area contributed by atoms with Crippen molar-refractivity contribution in [2.24, 2.45) is 0 Å². The Morgan fingerprint density at radius 2 is 2.12 bits per heavy atom. The summed E-state index contributed by atoms with van der Waals surface area (Å²) in [6.45, 7) is 2.97. The van der Waals surface area contributed by atoms with Crippen molar-refractivity contribution in [3.63, 3.8) is 0 Å². The molecular formula is C14H15BrN2. The number of hydrogen-bond donors (Lipinski definition) is 1. The molecule has 0 atom stereocenters. The number of rotatable bonds is 4. The van der Waals surface area contributed by atoms with Crippen LogP contribution in [0.1, 0.15) is 11.3 Å². The molecule has 0 spiro atoms. The van der Waals surface area contributed by atoms with E-state index in [4.69, 9.17) is 0 Å². The third-order valence-electron chi connectivity index (χ3n) is 2.55. The molecule has 1 aromatic carbocycles. The smallest absolute Gasteiger partial charge is 0.0484 e. The van der Waals surface area contributed by atoms with Gasteiger partial charge in [-0.3, -0.25) is 4.98 Å². The molecule has 17 heavy (non-hydrogen) atoms. The molecule has 1 N–H and O–H groups in total. The Kier molecular flexibility index (Phi) is 4.15. The Bertz CT molecular complexity index is 483. The minimum absolute atomic E-state index is 0.888. The van der Waals surface area contributed by atoms with Crippen molar-refractivity contribution in [2.45, 2.75) is 13.3 Å². The maximum Gasteiger partial charge on any atom is 0.0484 e. The summed E-state index contributed by atoms with van der Waals surface area (Å²) < 4.78 is 1.11. The van der Waals surface area contributed by atoms with Gasteiger partial charge in [-0.1, -0.05) is 12.1 Å². The highest BCUT2D eigenvalue weighted by Gasteiger charge is 1.99. The van der Waals surface area contributed by atoms with Crippen molar-refractivity contribution in [1.82, 2.24) is 4.98 Å². The van der Waals surface area contributed by atoms with E-state index in [0.717, 1.165) is 28.8 Å². The lowest BCUT2D eigenvalue weighted by Gasteiger charge is -2.08. The summed E-state index contributed by atoms with van der Waals surface area (Å²) in [5.41, 5.74) is 3.50. The van der Waals surface area contributed by atoms with Crippen molar-refractivity contribution in [3.05, 3.63) is 58.3 Å². The van der Waals surface area contributed by atoms with Gasteiger partial charge in [0.1, 0.15) is 0 Å². The summed E-state index contributed by atoms with van der Waals surface area (Å²) in [6, 6.07) is 12.3. The van der Waals surface area contributed by atoms with Crippen LogP contribution >= 0.6 is 15.9 Å². The third kappa shape index (κ3) is 3.56. The predicted molar refractivity (Wildman–Crippen MR) is 75.3 cm³/mol. The molecule has 0 aliphatic heterocycles. The number of pyridine rings is 1. The predicted octanol–water partition coefficient (Wildman–Crippen LogP) is 3.81. The lowest BCUT2D eigenvalue weighted by Crippen LogP contribution is -2.06. The van der Waals surface area contributed by atoms with Crippen LogP contribution in [0.5, 0.6) is 0 Å². The number of anilines is 1. The van der Waals surface area contributed by atoms with Gasteiger partial charge < -0.3 is 5.32 Å². The fourth-order valence-electron chi connectivity index (χ4n) is 1.63. The first-order valence-electron chi connectivity index (χ1n) is 5.65. The molecule has 0 fully saturated rings. The van der Waals surface area contributed by atoms with Crippen LogP contribution in [0.2, 0.25) is 0 Å². The molecule has 0 bridgehead atoms. The molecule has 2 rings (SSSR count). The second-order valence-corrected chi connectivity index (χ2v) is 4.84. The SMILES string of the molecule is Cc1ccc(NCCc2ccccn2)c(Br)c1. The third-order valence-corrected chi connectivity index (χ3v) is 3.20. The van der Waals surface area contributed by atoms with Gasteiger partial charge in [0.2, 0.25) is 0 Å². The number of benzene rings is 1. The molecule has 0 unspecified atom stereocenters. The Hall–Kier alpha value is -1.35. The summed E-state index contributed by atoms with van der Waals surface area (Å²) in [4.78, 5) is 4.29. The molecular weight excluding hydrogens is 276 g/mol. The van der Waals surface area contributed by atoms with Gasteiger partial charge in [0, 0.05) is 35.0 Å². The second-order valence-electron chi connectivity index (χ2n) is 3.98. The molecule has 0 saturated carbocycles. The van der Waals surface area contributed by atoms with Gasteiger partial charge in [-0.05, 0) is 52.7 Å². The van der Waals surface area contributed by atoms with Crippen LogP contribution in [-0.4, -0.2) is 11.5 Å². The summed E-state index contributed by atoms with van der Waals surface area (Å²) in [5.74, 6) is 0. The molecule has 2 nitrogen and oxygen atoms in total. The molecule has 0 aliphatic carbocycles. The first kappa shape index (κ1) is 12.1. The molecule has 0 radical (unpaired) electrons. The summed E-state index contributed by atoms with van der Waals surface area (Å²) in [5, 5.41) is 3.40. The van der Waals surface area contributed by atoms with Gasteiger partial charge in [0.25, 0.3) is 0 Å². The zero-order valence-corrected chi connectivity index (χ0v) is 11.4. The maximum atomic E-state index is 4.29. The van der Waals surface area contributed by atoms with Crippen LogP contribution in [0.15, 0.2) is 47.1 Å². The van der Waals surface area contributed by atoms with E-state index in [9.17, 15) is 0 Å². The largest absolute Gasteiger partial charge is 0.384 e. The fourth-order valence-corrected chi connectivity index (χ4v) is 2.27. The van der Waals surface area contributed by atoms with Gasteiger partial charge in [-0.2, -0.15) is 0 Å². The van der Waals surface area contributed by atoms with E-state index < -0.39 is 0 Å². The topological polar surface area (TPSA) is 24.9 Å². The van der Waals surface area contributed by atoms with Crippen LogP contribution < -0.4 is 5.32 Å². The van der Waals surface area contributed by atoms with Crippen molar-refractivity contribution < 1.29 is 0 Å². The van der Waals surface area contributed by atoms with Gasteiger partial charge >= 0.3 is 0 Å². The van der Waals surface area contributed by atoms with Crippen LogP contribution in [0, 0.1) is 6.92 Å². The van der Waals surface area contributed by atoms with Crippen molar-refractivity contribution >= 4 is 21.6 Å². The number of aryl methyl sites for hydroxylation is 1. The molecule has 3 heteroatoms. The highest BCUT2D eigenvalue weighted by molar-refractivity contribution is 9.10. The molecule has 0 saturated heterocycles. The average molecular weight is 291 g/mol. The van der Waals surface area contributed by atoms with Gasteiger partial charge in [-0.25, -0.2) is 0 Å². The van der Waals surface area contributed by atoms with Gasteiger partial charge in [0.05, 0.1) is 0 Å². The Labute approximate surface area is 110 Å². The van der Waals surface area contributed by atoms with Gasteiger partial charge in [0.15, 0.2) is 0 Å². The zero-order valence-electron chi connectivity index (χ0n) is 9.78. The van der Waals surface area contributed by atoms with Gasteiger partial charge in [-0.15, -0.1) is 0 Å². The number of hydrogen-bond acceptors (Lipinski definition) is 2. The number of nitrogens with one attached hydrogen (secondary N) is 1. The average Bonchev–Trinajstić information content (AvgIpc) is 2.33. The van der Waals surface area contributed by atoms with Crippen molar-refractivity contribution in [1.29, 1.82) is 0 Å². The quantitative estimate of drug-likeness (QED) is 0.926. The summed E-state index contributed by atoms with van der Waals surface area (Å²) in [7, 11) is 0. The number of aromatic nitrogens is 1. The fraction of sp³-hybridized carbons (Fsp3) is 0.214. The van der Waals surface area contributed by atoms with E-state index in [1.165, 1.54) is 5.56 Å². The van der Waals surface area contributed by atoms with E-state index in [2.05, 4.69) is 51.4 Å². The van der Waals surface area contributed by atoms with Crippen molar-refractivity contribution in [2.75, 3.05) is 11.9 Å². The highest BCUT2D eigenvalue weighted by Crippen LogP contribution is 2.23. The minimum atomic E-state index is 0.888. The maximum absolute atomic E-state index is 4.29. The number of halogens is 1. The van der Waals surface area contributed by atoms with Crippen LogP contribution in [0.3, 0.4) is 0 Å². The molecule has 0 aliphatic rings. The molecule has 1 heterocycles.